The predicted molar refractivity (Wildman–Crippen MR) is 105 cm³/mol. The Balaban J connectivity index is 1.57. The number of carbonyl (C=O) groups is 2. The Labute approximate surface area is 164 Å². The smallest absolute Gasteiger partial charge is 0.237 e. The molecule has 1 aromatic carbocycles. The van der Waals surface area contributed by atoms with Gasteiger partial charge in [0, 0.05) is 37.6 Å². The Morgan fingerprint density at radius 3 is 3.07 bits per heavy atom. The number of aromatic amines is 1. The number of nitrogens with zero attached hydrogens (tertiary/aromatic N) is 2. The molecule has 3 N–H and O–H groups in total. The number of piperazine rings is 1. The molecule has 0 saturated carbocycles. The first-order valence-electron chi connectivity index (χ1n) is 9.23. The summed E-state index contributed by atoms with van der Waals surface area (Å²) in [4.78, 5) is 33.6. The van der Waals surface area contributed by atoms with E-state index in [1.54, 1.807) is 19.5 Å². The van der Waals surface area contributed by atoms with Gasteiger partial charge in [0.1, 0.15) is 11.6 Å². The van der Waals surface area contributed by atoms with Crippen molar-refractivity contribution in [3.8, 4) is 5.75 Å². The fourth-order valence-corrected chi connectivity index (χ4v) is 3.15. The van der Waals surface area contributed by atoms with Crippen LogP contribution in [0.4, 0.5) is 0 Å². The van der Waals surface area contributed by atoms with Crippen molar-refractivity contribution in [3.63, 3.8) is 0 Å². The van der Waals surface area contributed by atoms with Gasteiger partial charge < -0.3 is 20.4 Å². The van der Waals surface area contributed by atoms with Gasteiger partial charge >= 0.3 is 0 Å². The Morgan fingerprint density at radius 1 is 1.43 bits per heavy atom. The fraction of sp³-hybridized carbons (Fsp3) is 0.350. The van der Waals surface area contributed by atoms with Crippen LogP contribution in [0.5, 0.6) is 5.75 Å². The highest BCUT2D eigenvalue weighted by Gasteiger charge is 2.30. The molecule has 0 bridgehead atoms. The van der Waals surface area contributed by atoms with Crippen molar-refractivity contribution >= 4 is 17.9 Å². The van der Waals surface area contributed by atoms with Crippen LogP contribution in [0, 0.1) is 0 Å². The van der Waals surface area contributed by atoms with E-state index >= 15 is 0 Å². The SMILES string of the molecule is COc1ccccc1C=CCN1CCNC(=O)C1CC(=O)NCc1ncc[nH]1. The van der Waals surface area contributed by atoms with Crippen LogP contribution in [0.1, 0.15) is 17.8 Å². The van der Waals surface area contributed by atoms with E-state index < -0.39 is 6.04 Å². The summed E-state index contributed by atoms with van der Waals surface area (Å²) in [6.45, 7) is 2.15. The van der Waals surface area contributed by atoms with E-state index in [2.05, 4.69) is 20.6 Å². The minimum Gasteiger partial charge on any atom is -0.496 e. The standard InChI is InChI=1S/C20H25N5O3/c1-28-17-7-3-2-5-15(17)6-4-11-25-12-10-23-20(27)16(25)13-19(26)24-14-18-21-8-9-22-18/h2-9,16H,10-14H2,1H3,(H,21,22)(H,23,27)(H,24,26). The van der Waals surface area contributed by atoms with E-state index in [0.717, 1.165) is 11.3 Å². The normalized spacial score (nSPS) is 17.5. The van der Waals surface area contributed by atoms with Gasteiger partial charge in [0.05, 0.1) is 26.1 Å². The zero-order valence-corrected chi connectivity index (χ0v) is 15.9. The van der Waals surface area contributed by atoms with Gasteiger partial charge in [-0.1, -0.05) is 30.4 Å². The highest BCUT2D eigenvalue weighted by Crippen LogP contribution is 2.19. The van der Waals surface area contributed by atoms with Crippen molar-refractivity contribution in [2.75, 3.05) is 26.7 Å². The lowest BCUT2D eigenvalue weighted by Crippen LogP contribution is -2.56. The Bertz CT molecular complexity index is 819. The zero-order valence-electron chi connectivity index (χ0n) is 15.9. The Kier molecular flexibility index (Phi) is 6.80. The molecule has 1 aromatic heterocycles. The number of hydrogen-bond acceptors (Lipinski definition) is 5. The Morgan fingerprint density at radius 2 is 2.29 bits per heavy atom. The van der Waals surface area contributed by atoms with Crippen LogP contribution in [0.2, 0.25) is 0 Å². The first kappa shape index (κ1) is 19.6. The second-order valence-electron chi connectivity index (χ2n) is 6.46. The summed E-state index contributed by atoms with van der Waals surface area (Å²) < 4.78 is 5.35. The van der Waals surface area contributed by atoms with Crippen molar-refractivity contribution < 1.29 is 14.3 Å². The molecule has 1 fully saturated rings. The summed E-state index contributed by atoms with van der Waals surface area (Å²) in [5.74, 6) is 1.17. The molecule has 2 amide bonds. The quantitative estimate of drug-likeness (QED) is 0.630. The number of amides is 2. The molecule has 0 aliphatic carbocycles. The number of nitrogens with one attached hydrogen (secondary N) is 3. The molecule has 0 radical (unpaired) electrons. The number of aromatic nitrogens is 2. The second kappa shape index (κ2) is 9.70. The van der Waals surface area contributed by atoms with Gasteiger partial charge in [-0.3, -0.25) is 14.5 Å². The molecule has 1 atom stereocenters. The molecule has 1 unspecified atom stereocenters. The average molecular weight is 383 g/mol. The Hall–Kier alpha value is -3.13. The van der Waals surface area contributed by atoms with Crippen LogP contribution in [0.15, 0.2) is 42.7 Å². The summed E-state index contributed by atoms with van der Waals surface area (Å²) >= 11 is 0. The highest BCUT2D eigenvalue weighted by atomic mass is 16.5. The fourth-order valence-electron chi connectivity index (χ4n) is 3.15. The van der Waals surface area contributed by atoms with Crippen LogP contribution in [0.25, 0.3) is 6.08 Å². The molecule has 0 spiro atoms. The third-order valence-electron chi connectivity index (χ3n) is 4.60. The number of methoxy groups -OCH3 is 1. The summed E-state index contributed by atoms with van der Waals surface area (Å²) in [5, 5.41) is 5.64. The molecule has 8 heteroatoms. The first-order chi connectivity index (χ1) is 13.7. The molecule has 8 nitrogen and oxygen atoms in total. The number of ether oxygens (including phenoxy) is 1. The van der Waals surface area contributed by atoms with Gasteiger partial charge in [0.25, 0.3) is 0 Å². The first-order valence-corrected chi connectivity index (χ1v) is 9.23. The topological polar surface area (TPSA) is 99.3 Å². The third kappa shape index (κ3) is 5.20. The van der Waals surface area contributed by atoms with Crippen LogP contribution in [0.3, 0.4) is 0 Å². The number of benzene rings is 1. The number of rotatable bonds is 8. The zero-order chi connectivity index (χ0) is 19.8. The summed E-state index contributed by atoms with van der Waals surface area (Å²) in [6, 6.07) is 7.25. The monoisotopic (exact) mass is 383 g/mol. The van der Waals surface area contributed by atoms with Gasteiger partial charge in [0.2, 0.25) is 11.8 Å². The van der Waals surface area contributed by atoms with Crippen LogP contribution < -0.4 is 15.4 Å². The van der Waals surface area contributed by atoms with E-state index in [9.17, 15) is 9.59 Å². The van der Waals surface area contributed by atoms with E-state index in [1.165, 1.54) is 0 Å². The lowest BCUT2D eigenvalue weighted by atomic mass is 10.1. The number of imidazole rings is 1. The van der Waals surface area contributed by atoms with Crippen LogP contribution in [-0.2, 0) is 16.1 Å². The number of carbonyl (C=O) groups excluding carboxylic acids is 2. The van der Waals surface area contributed by atoms with Gasteiger partial charge in [-0.05, 0) is 6.07 Å². The van der Waals surface area contributed by atoms with Crippen molar-refractivity contribution in [2.45, 2.75) is 19.0 Å². The summed E-state index contributed by atoms with van der Waals surface area (Å²) in [6.07, 6.45) is 7.40. The summed E-state index contributed by atoms with van der Waals surface area (Å²) in [7, 11) is 1.64. The molecule has 3 rings (SSSR count). The largest absolute Gasteiger partial charge is 0.496 e. The molecule has 1 aliphatic rings. The van der Waals surface area contributed by atoms with Gasteiger partial charge in [-0.15, -0.1) is 0 Å². The van der Waals surface area contributed by atoms with E-state index in [0.29, 0.717) is 32.0 Å². The lowest BCUT2D eigenvalue weighted by Gasteiger charge is -2.33. The van der Waals surface area contributed by atoms with E-state index in [-0.39, 0.29) is 18.2 Å². The summed E-state index contributed by atoms with van der Waals surface area (Å²) in [5.41, 5.74) is 0.971. The van der Waals surface area contributed by atoms with Crippen molar-refractivity contribution in [3.05, 3.63) is 54.1 Å². The van der Waals surface area contributed by atoms with Crippen LogP contribution in [-0.4, -0.2) is 59.5 Å². The van der Waals surface area contributed by atoms with Crippen LogP contribution >= 0.6 is 0 Å². The number of hydrogen-bond donors (Lipinski definition) is 3. The number of H-pyrrole nitrogens is 1. The molecule has 1 saturated heterocycles. The van der Waals surface area contributed by atoms with Gasteiger partial charge in [0.15, 0.2) is 0 Å². The van der Waals surface area contributed by atoms with Gasteiger partial charge in [-0.25, -0.2) is 4.98 Å². The molecule has 2 heterocycles. The molecular formula is C20H25N5O3. The van der Waals surface area contributed by atoms with Crippen molar-refractivity contribution in [1.82, 2.24) is 25.5 Å². The molecule has 1 aliphatic heterocycles. The second-order valence-corrected chi connectivity index (χ2v) is 6.46. The maximum atomic E-state index is 12.3. The molecule has 28 heavy (non-hydrogen) atoms. The predicted octanol–water partition coefficient (Wildman–Crippen LogP) is 0.938. The maximum absolute atomic E-state index is 12.3. The maximum Gasteiger partial charge on any atom is 0.237 e. The molecule has 2 aromatic rings. The van der Waals surface area contributed by atoms with Gasteiger partial charge in [-0.2, -0.15) is 0 Å². The highest BCUT2D eigenvalue weighted by molar-refractivity contribution is 5.88. The number of para-hydroxylation sites is 1. The average Bonchev–Trinajstić information content (AvgIpc) is 3.23. The van der Waals surface area contributed by atoms with Crippen molar-refractivity contribution in [1.29, 1.82) is 0 Å². The lowest BCUT2D eigenvalue weighted by molar-refractivity contribution is -0.133. The molecule has 148 valence electrons. The van der Waals surface area contributed by atoms with E-state index in [4.69, 9.17) is 4.74 Å². The van der Waals surface area contributed by atoms with Crippen molar-refractivity contribution in [2.24, 2.45) is 0 Å². The third-order valence-corrected chi connectivity index (χ3v) is 4.60. The minimum absolute atomic E-state index is 0.106. The van der Waals surface area contributed by atoms with E-state index in [1.807, 2.05) is 41.3 Å². The minimum atomic E-state index is -0.493. The molecular weight excluding hydrogens is 358 g/mol.